The first-order valence-electron chi connectivity index (χ1n) is 13.6. The Balaban J connectivity index is 1.51. The van der Waals surface area contributed by atoms with E-state index in [2.05, 4.69) is 5.32 Å². The van der Waals surface area contributed by atoms with Crippen LogP contribution in [0.3, 0.4) is 0 Å². The van der Waals surface area contributed by atoms with Crippen molar-refractivity contribution in [3.8, 4) is 22.6 Å². The van der Waals surface area contributed by atoms with Crippen LogP contribution in [0.4, 0.5) is 0 Å². The molecule has 45 heavy (non-hydrogen) atoms. The van der Waals surface area contributed by atoms with Gasteiger partial charge in [0, 0.05) is 30.7 Å². The number of rotatable bonds is 9. The largest absolute Gasteiger partial charge is 0.642 e. The van der Waals surface area contributed by atoms with E-state index >= 15 is 0 Å². The lowest BCUT2D eigenvalue weighted by Crippen LogP contribution is -2.08. The molecule has 0 saturated heterocycles. The first kappa shape index (κ1) is 30.9. The van der Waals surface area contributed by atoms with E-state index in [-0.39, 0.29) is 51.0 Å². The van der Waals surface area contributed by atoms with Crippen LogP contribution in [-0.4, -0.2) is 40.6 Å². The Kier molecular flexibility index (Phi) is 9.20. The minimum absolute atomic E-state index is 0.000489. The summed E-state index contributed by atoms with van der Waals surface area (Å²) in [5.74, 6) is -2.25. The van der Waals surface area contributed by atoms with E-state index in [4.69, 9.17) is 13.9 Å². The molecule has 0 atom stereocenters. The van der Waals surface area contributed by atoms with Gasteiger partial charge in [0.2, 0.25) is 0 Å². The van der Waals surface area contributed by atoms with E-state index in [1.165, 1.54) is 44.2 Å². The lowest BCUT2D eigenvalue weighted by Gasteiger charge is -2.19. The number of thioether (sulfide) groups is 1. The third-order valence-corrected chi connectivity index (χ3v) is 7.48. The highest BCUT2D eigenvalue weighted by Gasteiger charge is 2.25. The molecule has 0 saturated carbocycles. The number of carboxylic acid groups (broad SMARTS) is 1. The Morgan fingerprint density at radius 1 is 0.778 bits per heavy atom. The summed E-state index contributed by atoms with van der Waals surface area (Å²) in [6.45, 7) is 2.16. The minimum Gasteiger partial charge on any atom is -0.642 e. The quantitative estimate of drug-likeness (QED) is 0.0782. The molecule has 5 rings (SSSR count). The Morgan fingerprint density at radius 3 is 1.93 bits per heavy atom. The lowest BCUT2D eigenvalue weighted by atomic mass is 9.92. The molecule has 1 N–H and O–H groups in total. The van der Waals surface area contributed by atoms with Crippen molar-refractivity contribution in [2.75, 3.05) is 6.54 Å². The molecule has 1 heterocycles. The molecule has 4 aromatic carbocycles. The van der Waals surface area contributed by atoms with Gasteiger partial charge < -0.3 is 24.7 Å². The number of hydrogen-bond acceptors (Lipinski definition) is 8. The van der Waals surface area contributed by atoms with Crippen molar-refractivity contribution < 1.29 is 43.0 Å². The summed E-state index contributed by atoms with van der Waals surface area (Å²) in [7, 11) is 0. The molecule has 1 amide bonds. The third-order valence-electron chi connectivity index (χ3n) is 6.55. The normalized spacial score (nSPS) is 10.8. The second-order valence-corrected chi connectivity index (χ2v) is 10.8. The van der Waals surface area contributed by atoms with Crippen molar-refractivity contribution >= 4 is 62.6 Å². The lowest BCUT2D eigenvalue weighted by molar-refractivity contribution is -0.132. The van der Waals surface area contributed by atoms with Crippen LogP contribution in [-0.2, 0) is 20.1 Å². The van der Waals surface area contributed by atoms with Crippen LogP contribution >= 0.6 is 11.8 Å². The monoisotopic (exact) mass is 623 g/mol. The van der Waals surface area contributed by atoms with Gasteiger partial charge in [-0.1, -0.05) is 60.8 Å². The zero-order valence-electron chi connectivity index (χ0n) is 24.1. The number of amides is 1. The maximum absolute atomic E-state index is 12.9. The molecule has 0 unspecified atom stereocenters. The van der Waals surface area contributed by atoms with E-state index in [0.717, 1.165) is 17.3 Å². The van der Waals surface area contributed by atoms with Gasteiger partial charge in [-0.25, -0.2) is 9.21 Å². The molecule has 0 aliphatic carbocycles. The zero-order chi connectivity index (χ0) is 32.1. The van der Waals surface area contributed by atoms with Crippen molar-refractivity contribution in [2.24, 2.45) is 0 Å². The minimum atomic E-state index is -1.30. The second-order valence-electron chi connectivity index (χ2n) is 9.81. The van der Waals surface area contributed by atoms with Gasteiger partial charge in [-0.05, 0) is 41.5 Å². The molecule has 226 valence electrons. The first-order valence-corrected chi connectivity index (χ1v) is 14.6. The summed E-state index contributed by atoms with van der Waals surface area (Å²) in [5.41, 5.74) is 2.00. The van der Waals surface area contributed by atoms with Crippen LogP contribution in [0.5, 0.6) is 11.5 Å². The second kappa shape index (κ2) is 13.4. The maximum Gasteiger partial charge on any atom is 0.365 e. The van der Waals surface area contributed by atoms with Gasteiger partial charge in [0.25, 0.3) is 0 Å². The van der Waals surface area contributed by atoms with E-state index in [0.29, 0.717) is 22.1 Å². The highest BCUT2D eigenvalue weighted by atomic mass is 32.2. The Hall–Kier alpha value is -5.55. The van der Waals surface area contributed by atoms with Gasteiger partial charge in [0.15, 0.2) is 5.12 Å². The number of aromatic carboxylic acids is 1. The van der Waals surface area contributed by atoms with Gasteiger partial charge in [-0.3, -0.25) is 14.4 Å². The summed E-state index contributed by atoms with van der Waals surface area (Å²) in [6.07, 6.45) is 0. The van der Waals surface area contributed by atoms with Crippen LogP contribution in [0.15, 0.2) is 89.3 Å². The molecule has 0 spiro atoms. The fraction of sp³-hybridized carbons (Fsp3) is 0.118. The van der Waals surface area contributed by atoms with E-state index < -0.39 is 23.8 Å². The summed E-state index contributed by atoms with van der Waals surface area (Å²) in [6, 6.07) is 22.9. The van der Waals surface area contributed by atoms with Crippen molar-refractivity contribution in [3.05, 3.63) is 107 Å². The summed E-state index contributed by atoms with van der Waals surface area (Å²) in [5, 5.41) is 14.8. The van der Waals surface area contributed by atoms with Crippen molar-refractivity contribution in [1.29, 1.82) is 0 Å². The molecule has 0 aliphatic rings. The number of esters is 2. The van der Waals surface area contributed by atoms with Crippen LogP contribution in [0, 0.1) is 0 Å². The van der Waals surface area contributed by atoms with E-state index in [9.17, 15) is 29.1 Å². The van der Waals surface area contributed by atoms with E-state index in [1.54, 1.807) is 24.3 Å². The van der Waals surface area contributed by atoms with Gasteiger partial charge in [-0.15, -0.1) is 0 Å². The summed E-state index contributed by atoms with van der Waals surface area (Å²) in [4.78, 5) is 60.9. The molecular formula is C34H25NO9S. The number of carboxylic acids is 1. The van der Waals surface area contributed by atoms with Gasteiger partial charge in [0.1, 0.15) is 11.5 Å². The van der Waals surface area contributed by atoms with Crippen molar-refractivity contribution in [2.45, 2.75) is 19.6 Å². The standard InChI is InChI=1S/C34H25NO9S/c1-19(36)42-23-9-12-26-29(15-23)44-30-16-24(43-20(2)37)10-13-27(30)32(26)25-11-8-22(14-28(25)34(40)41)33(39)35-17-31(38)45-18-21-6-4-3-5-7-21/h3-16H,17-18H2,1-2H3,(H-,35,39,40,41). The highest BCUT2D eigenvalue weighted by molar-refractivity contribution is 8.13. The Morgan fingerprint density at radius 2 is 1.38 bits per heavy atom. The number of carbonyl (C=O) groups excluding carboxylic acids is 4. The highest BCUT2D eigenvalue weighted by Crippen LogP contribution is 2.40. The predicted octanol–water partition coefficient (Wildman–Crippen LogP) is 7.06. The van der Waals surface area contributed by atoms with Gasteiger partial charge >= 0.3 is 29.1 Å². The average molecular weight is 624 g/mol. The van der Waals surface area contributed by atoms with Crippen molar-refractivity contribution in [3.63, 3.8) is 0 Å². The zero-order valence-corrected chi connectivity index (χ0v) is 24.9. The topological polar surface area (TPSA) is 149 Å². The summed E-state index contributed by atoms with van der Waals surface area (Å²) >= 11 is 1.04. The molecule has 10 nitrogen and oxygen atoms in total. The van der Waals surface area contributed by atoms with Crippen LogP contribution in [0.2, 0.25) is 0 Å². The maximum atomic E-state index is 12.9. The number of benzene rings is 4. The molecule has 5 aromatic rings. The molecule has 0 radical (unpaired) electrons. The number of ether oxygens (including phenoxy) is 2. The average Bonchev–Trinajstić information content (AvgIpc) is 3.01. The van der Waals surface area contributed by atoms with E-state index in [1.807, 2.05) is 30.3 Å². The molecule has 11 heteroatoms. The molecular weight excluding hydrogens is 598 g/mol. The number of carbonyl (C=O) groups is 5. The summed E-state index contributed by atoms with van der Waals surface area (Å²) < 4.78 is 16.5. The van der Waals surface area contributed by atoms with Crippen LogP contribution in [0.25, 0.3) is 38.4 Å². The van der Waals surface area contributed by atoms with Gasteiger partial charge in [0.05, 0.1) is 34.4 Å². The van der Waals surface area contributed by atoms with Crippen LogP contribution < -0.4 is 9.47 Å². The van der Waals surface area contributed by atoms with Gasteiger partial charge in [-0.2, -0.15) is 0 Å². The fourth-order valence-electron chi connectivity index (χ4n) is 4.68. The smallest absolute Gasteiger partial charge is 0.365 e. The van der Waals surface area contributed by atoms with Crippen LogP contribution in [0.1, 0.15) is 40.1 Å². The number of fused-ring (bicyclic) bond motifs is 2. The number of nitrogens with zero attached hydrogens (tertiary/aromatic N) is 1. The fourth-order valence-corrected chi connectivity index (χ4v) is 5.36. The molecule has 0 fully saturated rings. The van der Waals surface area contributed by atoms with Crippen molar-refractivity contribution in [1.82, 2.24) is 0 Å². The molecule has 1 aromatic heterocycles. The number of hydrogen-bond donors (Lipinski definition) is 1. The molecule has 0 bridgehead atoms. The third kappa shape index (κ3) is 7.34. The first-order chi connectivity index (χ1) is 21.6. The Labute approximate surface area is 261 Å². The SMILES string of the molecule is CC(=O)Oc1ccc2c(-c3ccc(C(=O)[N-]CC(=O)SCc4ccccc4)cc3C(=O)O)c3ccc(OC(C)=O)cc3[o+]c2c1. The predicted molar refractivity (Wildman–Crippen MR) is 168 cm³/mol. The Bertz CT molecular complexity index is 1920. The molecule has 0 aliphatic heterocycles.